The number of aliphatic hydroxyl groups is 1. The van der Waals surface area contributed by atoms with E-state index >= 15 is 0 Å². The number of halogens is 2. The second-order valence-electron chi connectivity index (χ2n) is 3.56. The molecule has 0 fully saturated rings. The zero-order valence-corrected chi connectivity index (χ0v) is 10.6. The first-order valence-electron chi connectivity index (χ1n) is 5.21. The van der Waals surface area contributed by atoms with Crippen LogP contribution in [0, 0.1) is 5.82 Å². The molecule has 1 N–H and O–H groups in total. The summed E-state index contributed by atoms with van der Waals surface area (Å²) in [5.41, 5.74) is 0.378. The van der Waals surface area contributed by atoms with E-state index in [9.17, 15) is 9.50 Å². The zero-order valence-electron chi connectivity index (χ0n) is 9.03. The molecule has 1 unspecified atom stereocenters. The first-order valence-corrected chi connectivity index (χ1v) is 6.62. The van der Waals surface area contributed by atoms with Crippen LogP contribution in [-0.2, 0) is 4.74 Å². The van der Waals surface area contributed by atoms with Gasteiger partial charge in [0, 0.05) is 16.1 Å². The maximum atomic E-state index is 13.8. The fourth-order valence-electron chi connectivity index (χ4n) is 1.68. The molecule has 0 radical (unpaired) electrons. The highest BCUT2D eigenvalue weighted by atomic mass is 35.5. The molecule has 0 aliphatic rings. The smallest absolute Gasteiger partial charge is 0.130 e. The first-order chi connectivity index (χ1) is 8.26. The molecular formula is C12H12ClFO2S. The van der Waals surface area contributed by atoms with Gasteiger partial charge in [0.15, 0.2) is 0 Å². The van der Waals surface area contributed by atoms with E-state index < -0.39 is 6.10 Å². The van der Waals surface area contributed by atoms with E-state index in [1.54, 1.807) is 6.07 Å². The van der Waals surface area contributed by atoms with Crippen molar-refractivity contribution >= 4 is 33.0 Å². The summed E-state index contributed by atoms with van der Waals surface area (Å²) in [6, 6.07) is 5.11. The summed E-state index contributed by atoms with van der Waals surface area (Å²) in [4.78, 5) is 0. The van der Waals surface area contributed by atoms with E-state index in [0.29, 0.717) is 11.4 Å². The topological polar surface area (TPSA) is 29.5 Å². The van der Waals surface area contributed by atoms with E-state index in [-0.39, 0.29) is 19.0 Å². The van der Waals surface area contributed by atoms with Crippen LogP contribution in [0.5, 0.6) is 0 Å². The van der Waals surface area contributed by atoms with Gasteiger partial charge in [0.1, 0.15) is 11.9 Å². The van der Waals surface area contributed by atoms with Gasteiger partial charge in [-0.1, -0.05) is 0 Å². The minimum Gasteiger partial charge on any atom is -0.393 e. The largest absolute Gasteiger partial charge is 0.393 e. The number of alkyl halides is 1. The Morgan fingerprint density at radius 3 is 3.00 bits per heavy atom. The van der Waals surface area contributed by atoms with Crippen LogP contribution < -0.4 is 0 Å². The van der Waals surface area contributed by atoms with Crippen molar-refractivity contribution in [1.29, 1.82) is 0 Å². The highest BCUT2D eigenvalue weighted by Crippen LogP contribution is 2.28. The van der Waals surface area contributed by atoms with Gasteiger partial charge in [0.05, 0.1) is 13.2 Å². The van der Waals surface area contributed by atoms with Crippen molar-refractivity contribution in [2.45, 2.75) is 6.10 Å². The fraction of sp³-hybridized carbons (Fsp3) is 0.333. The lowest BCUT2D eigenvalue weighted by molar-refractivity contribution is 0.0179. The number of rotatable bonds is 5. The molecule has 0 amide bonds. The summed E-state index contributed by atoms with van der Waals surface area (Å²) in [5.74, 6) is -0.0349. The van der Waals surface area contributed by atoms with Crippen molar-refractivity contribution in [3.8, 4) is 0 Å². The summed E-state index contributed by atoms with van der Waals surface area (Å²) in [6.45, 7) is 0.0251. The van der Waals surface area contributed by atoms with Gasteiger partial charge in [-0.15, -0.1) is 22.9 Å². The zero-order chi connectivity index (χ0) is 12.3. The molecule has 1 aromatic carbocycles. The van der Waals surface area contributed by atoms with Gasteiger partial charge in [0.25, 0.3) is 0 Å². The summed E-state index contributed by atoms with van der Waals surface area (Å²) < 4.78 is 20.0. The molecule has 0 spiro atoms. The number of aliphatic hydroxyl groups excluding tert-OH is 1. The molecule has 5 heteroatoms. The summed E-state index contributed by atoms with van der Waals surface area (Å²) in [6.07, 6.45) is -0.655. The Morgan fingerprint density at radius 2 is 2.29 bits per heavy atom. The number of hydrogen-bond donors (Lipinski definition) is 1. The molecule has 92 valence electrons. The van der Waals surface area contributed by atoms with Crippen LogP contribution in [-0.4, -0.2) is 24.2 Å². The monoisotopic (exact) mass is 274 g/mol. The number of thiophene rings is 1. The predicted molar refractivity (Wildman–Crippen MR) is 68.3 cm³/mol. The molecule has 2 aromatic rings. The number of fused-ring (bicyclic) bond motifs is 1. The fourth-order valence-corrected chi connectivity index (χ4v) is 2.56. The lowest BCUT2D eigenvalue weighted by Crippen LogP contribution is -2.12. The molecule has 2 nitrogen and oxygen atoms in total. The molecule has 1 heterocycles. The van der Waals surface area contributed by atoms with Crippen molar-refractivity contribution in [2.75, 3.05) is 19.1 Å². The molecule has 1 aromatic heterocycles. The molecule has 1 atom stereocenters. The second-order valence-corrected chi connectivity index (χ2v) is 4.89. The highest BCUT2D eigenvalue weighted by molar-refractivity contribution is 7.17. The maximum absolute atomic E-state index is 13.8. The van der Waals surface area contributed by atoms with Crippen molar-refractivity contribution < 1.29 is 14.2 Å². The van der Waals surface area contributed by atoms with Crippen LogP contribution in [0.2, 0.25) is 0 Å². The predicted octanol–water partition coefficient (Wildman–Crippen LogP) is 3.33. The molecule has 0 saturated carbocycles. The minimum atomic E-state index is -0.655. The van der Waals surface area contributed by atoms with Crippen molar-refractivity contribution in [2.24, 2.45) is 0 Å². The van der Waals surface area contributed by atoms with Crippen LogP contribution in [0.1, 0.15) is 11.7 Å². The summed E-state index contributed by atoms with van der Waals surface area (Å²) in [5, 5.41) is 12.1. The van der Waals surface area contributed by atoms with Gasteiger partial charge in [-0.25, -0.2) is 4.39 Å². The minimum absolute atomic E-state index is 0.260. The Hall–Kier alpha value is -0.680. The van der Waals surface area contributed by atoms with E-state index in [1.807, 2.05) is 11.4 Å². The lowest BCUT2D eigenvalue weighted by atomic mass is 10.1. The Bertz CT molecular complexity index is 500. The quantitative estimate of drug-likeness (QED) is 0.848. The standard InChI is InChI=1S/C12H12ClFO2S/c13-2-3-16-11(7-15)9-5-8-1-4-17-12(8)6-10(9)14/h1,4-6,11,15H,2-3,7H2. The summed E-state index contributed by atoms with van der Waals surface area (Å²) >= 11 is 6.99. The third-order valence-electron chi connectivity index (χ3n) is 2.48. The van der Waals surface area contributed by atoms with Gasteiger partial charge in [-0.2, -0.15) is 0 Å². The van der Waals surface area contributed by atoms with Gasteiger partial charge >= 0.3 is 0 Å². The normalized spacial score (nSPS) is 13.1. The van der Waals surface area contributed by atoms with Crippen LogP contribution in [0.3, 0.4) is 0 Å². The highest BCUT2D eigenvalue weighted by Gasteiger charge is 2.16. The van der Waals surface area contributed by atoms with Crippen LogP contribution in [0.25, 0.3) is 10.1 Å². The van der Waals surface area contributed by atoms with E-state index in [2.05, 4.69) is 0 Å². The average molecular weight is 275 g/mol. The molecule has 0 aliphatic heterocycles. The Labute approximate surface area is 108 Å². The molecule has 0 bridgehead atoms. The van der Waals surface area contributed by atoms with E-state index in [1.165, 1.54) is 17.4 Å². The van der Waals surface area contributed by atoms with Gasteiger partial charge in [-0.3, -0.25) is 0 Å². The Balaban J connectivity index is 2.34. The van der Waals surface area contributed by atoms with Crippen molar-refractivity contribution in [1.82, 2.24) is 0 Å². The molecule has 0 saturated heterocycles. The summed E-state index contributed by atoms with van der Waals surface area (Å²) in [7, 11) is 0. The van der Waals surface area contributed by atoms with Crippen LogP contribution in [0.4, 0.5) is 4.39 Å². The van der Waals surface area contributed by atoms with Gasteiger partial charge in [0.2, 0.25) is 0 Å². The Kier molecular flexibility index (Phi) is 4.34. The molecule has 2 rings (SSSR count). The Morgan fingerprint density at radius 1 is 1.47 bits per heavy atom. The van der Waals surface area contributed by atoms with Crippen LogP contribution in [0.15, 0.2) is 23.6 Å². The van der Waals surface area contributed by atoms with Crippen LogP contribution >= 0.6 is 22.9 Å². The van der Waals surface area contributed by atoms with E-state index in [4.69, 9.17) is 16.3 Å². The average Bonchev–Trinajstić information content (AvgIpc) is 2.77. The lowest BCUT2D eigenvalue weighted by Gasteiger charge is -2.16. The van der Waals surface area contributed by atoms with Crippen molar-refractivity contribution in [3.05, 3.63) is 35.0 Å². The molecular weight excluding hydrogens is 263 g/mol. The van der Waals surface area contributed by atoms with E-state index in [0.717, 1.165) is 10.1 Å². The molecule has 17 heavy (non-hydrogen) atoms. The van der Waals surface area contributed by atoms with Gasteiger partial charge < -0.3 is 9.84 Å². The number of ether oxygens (including phenoxy) is 1. The maximum Gasteiger partial charge on any atom is 0.130 e. The SMILES string of the molecule is OCC(OCCCl)c1cc2ccsc2cc1F. The van der Waals surface area contributed by atoms with Crippen molar-refractivity contribution in [3.63, 3.8) is 0 Å². The third kappa shape index (κ3) is 2.77. The van der Waals surface area contributed by atoms with Gasteiger partial charge in [-0.05, 0) is 29.0 Å². The number of hydrogen-bond acceptors (Lipinski definition) is 3. The second kappa shape index (κ2) is 5.78. The first kappa shape index (κ1) is 12.8. The number of benzene rings is 1. The third-order valence-corrected chi connectivity index (χ3v) is 3.51. The molecule has 0 aliphatic carbocycles.